The molecule has 0 N–H and O–H groups in total. The summed E-state index contributed by atoms with van der Waals surface area (Å²) in [5.74, 6) is -0.398. The zero-order chi connectivity index (χ0) is 33.0. The molecule has 1 atom stereocenters. The Labute approximate surface area is 281 Å². The van der Waals surface area contributed by atoms with Crippen molar-refractivity contribution in [3.05, 3.63) is 123 Å². The average molecular weight is 757 g/mol. The summed E-state index contributed by atoms with van der Waals surface area (Å²) in [4.78, 5) is 43.9. The number of nitrogens with zero attached hydrogens (tertiary/aromatic N) is 2. The molecule has 2 heterocycles. The van der Waals surface area contributed by atoms with Crippen LogP contribution in [0.15, 0.2) is 81.7 Å². The largest absolute Gasteiger partial charge is 0.493 e. The molecule has 0 aliphatic carbocycles. The van der Waals surface area contributed by atoms with Gasteiger partial charge in [-0.15, -0.1) is 0 Å². The minimum Gasteiger partial charge on any atom is -0.493 e. The molecule has 0 spiro atoms. The van der Waals surface area contributed by atoms with Crippen LogP contribution in [-0.2, 0) is 20.9 Å². The van der Waals surface area contributed by atoms with Crippen molar-refractivity contribution in [2.75, 3.05) is 20.3 Å². The fourth-order valence-electron chi connectivity index (χ4n) is 4.97. The highest BCUT2D eigenvalue weighted by Gasteiger charge is 2.33. The molecule has 3 aromatic carbocycles. The Morgan fingerprint density at radius 3 is 2.35 bits per heavy atom. The first kappa shape index (κ1) is 33.1. The molecule has 0 saturated heterocycles. The zero-order valence-electron chi connectivity index (χ0n) is 25.5. The van der Waals surface area contributed by atoms with E-state index in [2.05, 4.69) is 27.6 Å². The molecule has 9 nitrogen and oxygen atoms in total. The molecule has 1 aromatic heterocycles. The first-order valence-corrected chi connectivity index (χ1v) is 16.3. The van der Waals surface area contributed by atoms with E-state index in [1.54, 1.807) is 69.3 Å². The molecular formula is C34H30FIN2O7S. The predicted molar refractivity (Wildman–Crippen MR) is 179 cm³/mol. The van der Waals surface area contributed by atoms with Gasteiger partial charge in [-0.05, 0) is 103 Å². The van der Waals surface area contributed by atoms with Crippen LogP contribution in [0, 0.1) is 9.39 Å². The van der Waals surface area contributed by atoms with Gasteiger partial charge in [0.25, 0.3) is 5.56 Å². The lowest BCUT2D eigenvalue weighted by Crippen LogP contribution is -2.39. The Hall–Kier alpha value is -4.30. The molecule has 0 unspecified atom stereocenters. The van der Waals surface area contributed by atoms with E-state index < -0.39 is 17.8 Å². The second-order valence-electron chi connectivity index (χ2n) is 10.1. The summed E-state index contributed by atoms with van der Waals surface area (Å²) in [5.41, 5.74) is 2.85. The van der Waals surface area contributed by atoms with E-state index in [1.807, 2.05) is 6.07 Å². The molecule has 5 rings (SSSR count). The lowest BCUT2D eigenvalue weighted by Gasteiger charge is -2.24. The van der Waals surface area contributed by atoms with E-state index in [-0.39, 0.29) is 30.3 Å². The Morgan fingerprint density at radius 1 is 1.02 bits per heavy atom. The number of aromatic nitrogens is 1. The Balaban J connectivity index is 1.49. The second-order valence-corrected chi connectivity index (χ2v) is 12.3. The summed E-state index contributed by atoms with van der Waals surface area (Å²) in [6.07, 6.45) is 1.73. The second kappa shape index (κ2) is 14.4. The molecule has 0 amide bonds. The number of hydrogen-bond donors (Lipinski definition) is 0. The average Bonchev–Trinajstić information content (AvgIpc) is 3.34. The maximum atomic E-state index is 13.9. The van der Waals surface area contributed by atoms with E-state index in [1.165, 1.54) is 35.1 Å². The fourth-order valence-corrected chi connectivity index (χ4v) is 6.80. The third kappa shape index (κ3) is 6.92. The summed E-state index contributed by atoms with van der Waals surface area (Å²) in [6.45, 7) is 5.84. The first-order valence-electron chi connectivity index (χ1n) is 14.4. The lowest BCUT2D eigenvalue weighted by atomic mass is 9.96. The van der Waals surface area contributed by atoms with Crippen LogP contribution >= 0.6 is 33.9 Å². The number of allylic oxidation sites excluding steroid dienone is 1. The maximum Gasteiger partial charge on any atom is 0.338 e. The van der Waals surface area contributed by atoms with Crippen LogP contribution in [0.1, 0.15) is 53.9 Å². The van der Waals surface area contributed by atoms with E-state index >= 15 is 0 Å². The number of halogens is 2. The Kier molecular flexibility index (Phi) is 10.4. The molecule has 0 radical (unpaired) electrons. The SMILES string of the molecule is CCOC(=O)C1=C(C)N=c2s/c(=C\c3cc(I)c(OCc4ccc(C(=O)OCC)cc4)c(OC)c3)c(=O)n2[C@@H]1c1ccc(F)cc1. The van der Waals surface area contributed by atoms with Gasteiger partial charge in [0.15, 0.2) is 16.3 Å². The standard InChI is InChI=1S/C34H30FIN2O7S/c1-5-43-32(40)23-9-7-20(8-10-23)18-45-30-25(36)15-21(16-26(30)42-4)17-27-31(39)38-29(22-11-13-24(35)14-12-22)28(33(41)44-6-2)19(3)37-34(38)46-27/h7-17,29H,5-6,18H2,1-4H3/b27-17-/t29-/m1/s1. The van der Waals surface area contributed by atoms with Gasteiger partial charge in [-0.3, -0.25) is 9.36 Å². The smallest absolute Gasteiger partial charge is 0.338 e. The number of methoxy groups -OCH3 is 1. The monoisotopic (exact) mass is 756 g/mol. The molecule has 46 heavy (non-hydrogen) atoms. The van der Waals surface area contributed by atoms with Crippen LogP contribution in [0.3, 0.4) is 0 Å². The topological polar surface area (TPSA) is 105 Å². The molecule has 1 aliphatic rings. The van der Waals surface area contributed by atoms with Gasteiger partial charge in [-0.25, -0.2) is 19.0 Å². The number of esters is 2. The summed E-state index contributed by atoms with van der Waals surface area (Å²) in [7, 11) is 1.53. The van der Waals surface area contributed by atoms with Crippen molar-refractivity contribution in [1.82, 2.24) is 4.57 Å². The molecule has 0 bridgehead atoms. The van der Waals surface area contributed by atoms with Crippen LogP contribution < -0.4 is 24.4 Å². The molecule has 0 fully saturated rings. The van der Waals surface area contributed by atoms with Crippen molar-refractivity contribution in [2.24, 2.45) is 4.99 Å². The van der Waals surface area contributed by atoms with E-state index in [0.717, 1.165) is 9.13 Å². The summed E-state index contributed by atoms with van der Waals surface area (Å²) in [6, 6.07) is 15.5. The third-order valence-corrected chi connectivity index (χ3v) is 8.88. The fraction of sp³-hybridized carbons (Fsp3) is 0.235. The van der Waals surface area contributed by atoms with E-state index in [4.69, 9.17) is 18.9 Å². The molecular weight excluding hydrogens is 726 g/mol. The summed E-state index contributed by atoms with van der Waals surface area (Å²) in [5, 5.41) is 0. The van der Waals surface area contributed by atoms with Crippen molar-refractivity contribution in [1.29, 1.82) is 0 Å². The highest BCUT2D eigenvalue weighted by atomic mass is 127. The number of carbonyl (C=O) groups is 2. The van der Waals surface area contributed by atoms with Crippen molar-refractivity contribution in [3.8, 4) is 11.5 Å². The van der Waals surface area contributed by atoms with Gasteiger partial charge in [0.2, 0.25) is 0 Å². The number of fused-ring (bicyclic) bond motifs is 1. The normalized spacial score (nSPS) is 14.4. The van der Waals surface area contributed by atoms with Crippen LogP contribution in [0.25, 0.3) is 6.08 Å². The van der Waals surface area contributed by atoms with Gasteiger partial charge in [-0.2, -0.15) is 0 Å². The predicted octanol–water partition coefficient (Wildman–Crippen LogP) is 5.31. The quantitative estimate of drug-likeness (QED) is 0.160. The number of rotatable bonds is 10. The number of carbonyl (C=O) groups excluding carboxylic acids is 2. The zero-order valence-corrected chi connectivity index (χ0v) is 28.4. The van der Waals surface area contributed by atoms with Crippen molar-refractivity contribution >= 4 is 51.9 Å². The number of thiazole rings is 1. The summed E-state index contributed by atoms with van der Waals surface area (Å²) >= 11 is 3.34. The van der Waals surface area contributed by atoms with Crippen LogP contribution in [0.2, 0.25) is 0 Å². The number of hydrogen-bond acceptors (Lipinski definition) is 9. The number of benzene rings is 3. The third-order valence-electron chi connectivity index (χ3n) is 7.10. The van der Waals surface area contributed by atoms with Crippen LogP contribution in [0.4, 0.5) is 4.39 Å². The Morgan fingerprint density at radius 2 is 1.70 bits per heavy atom. The summed E-state index contributed by atoms with van der Waals surface area (Å²) < 4.78 is 38.5. The highest BCUT2D eigenvalue weighted by molar-refractivity contribution is 14.1. The molecule has 1 aliphatic heterocycles. The molecule has 238 valence electrons. The van der Waals surface area contributed by atoms with Gasteiger partial charge >= 0.3 is 11.9 Å². The van der Waals surface area contributed by atoms with Crippen molar-refractivity contribution in [2.45, 2.75) is 33.4 Å². The Bertz CT molecular complexity index is 2000. The van der Waals surface area contributed by atoms with Crippen molar-refractivity contribution < 1.29 is 32.9 Å². The maximum absolute atomic E-state index is 13.9. The van der Waals surface area contributed by atoms with Gasteiger partial charge in [-0.1, -0.05) is 35.6 Å². The van der Waals surface area contributed by atoms with E-state index in [0.29, 0.717) is 49.8 Å². The molecule has 0 saturated carbocycles. The number of ether oxygens (including phenoxy) is 4. The van der Waals surface area contributed by atoms with Crippen LogP contribution in [0.5, 0.6) is 11.5 Å². The first-order chi connectivity index (χ1) is 22.1. The van der Waals surface area contributed by atoms with E-state index in [9.17, 15) is 18.8 Å². The minimum absolute atomic E-state index is 0.151. The van der Waals surface area contributed by atoms with Gasteiger partial charge in [0.05, 0.1) is 51.3 Å². The molecule has 4 aromatic rings. The van der Waals surface area contributed by atoms with Gasteiger partial charge < -0.3 is 18.9 Å². The lowest BCUT2D eigenvalue weighted by molar-refractivity contribution is -0.139. The van der Waals surface area contributed by atoms with Gasteiger partial charge in [0.1, 0.15) is 12.4 Å². The van der Waals surface area contributed by atoms with Crippen molar-refractivity contribution in [3.63, 3.8) is 0 Å². The highest BCUT2D eigenvalue weighted by Crippen LogP contribution is 2.35. The molecule has 12 heteroatoms. The van der Waals surface area contributed by atoms with Crippen LogP contribution in [-0.4, -0.2) is 36.8 Å². The van der Waals surface area contributed by atoms with Gasteiger partial charge in [0, 0.05) is 0 Å². The minimum atomic E-state index is -0.838.